The first-order chi connectivity index (χ1) is 5.15. The van der Waals surface area contributed by atoms with Gasteiger partial charge >= 0.3 is 5.97 Å². The van der Waals surface area contributed by atoms with Gasteiger partial charge in [-0.3, -0.25) is 4.99 Å². The Morgan fingerprint density at radius 1 is 1.82 bits per heavy atom. The van der Waals surface area contributed by atoms with E-state index in [1.54, 1.807) is 11.8 Å². The lowest BCUT2D eigenvalue weighted by Crippen LogP contribution is -2.26. The van der Waals surface area contributed by atoms with Gasteiger partial charge in [0, 0.05) is 5.25 Å². The Morgan fingerprint density at radius 2 is 2.45 bits per heavy atom. The normalized spacial score (nSPS) is 30.2. The number of hydrogen-bond acceptors (Lipinski definition) is 3. The molecule has 4 heteroatoms. The first-order valence-electron chi connectivity index (χ1n) is 3.59. The van der Waals surface area contributed by atoms with E-state index in [0.717, 1.165) is 11.5 Å². The number of carboxylic acids is 1. The zero-order valence-corrected chi connectivity index (χ0v) is 7.39. The maximum Gasteiger partial charge on any atom is 0.329 e. The Bertz CT molecular complexity index is 203. The molecule has 0 aliphatic carbocycles. The number of carbonyl (C=O) groups is 1. The summed E-state index contributed by atoms with van der Waals surface area (Å²) in [5.41, 5.74) is 0. The Labute approximate surface area is 69.9 Å². The highest BCUT2D eigenvalue weighted by Crippen LogP contribution is 2.28. The Hall–Kier alpha value is -0.510. The second kappa shape index (κ2) is 3.26. The van der Waals surface area contributed by atoms with Gasteiger partial charge in [0.1, 0.15) is 0 Å². The van der Waals surface area contributed by atoms with Crippen LogP contribution in [0.2, 0.25) is 0 Å². The van der Waals surface area contributed by atoms with Gasteiger partial charge in [0.25, 0.3) is 0 Å². The molecule has 11 heavy (non-hydrogen) atoms. The monoisotopic (exact) mass is 173 g/mol. The average Bonchev–Trinajstić information content (AvgIpc) is 2.30. The lowest BCUT2D eigenvalue weighted by Gasteiger charge is -2.09. The summed E-state index contributed by atoms with van der Waals surface area (Å²) in [7, 11) is 0. The topological polar surface area (TPSA) is 49.7 Å². The summed E-state index contributed by atoms with van der Waals surface area (Å²) in [6.45, 7) is 3.85. The summed E-state index contributed by atoms with van der Waals surface area (Å²) in [6, 6.07) is -0.509. The quantitative estimate of drug-likeness (QED) is 0.686. The van der Waals surface area contributed by atoms with Gasteiger partial charge in [-0.25, -0.2) is 4.79 Å². The van der Waals surface area contributed by atoms with Crippen LogP contribution in [0.1, 0.15) is 20.3 Å². The number of rotatable bonds is 2. The first kappa shape index (κ1) is 8.59. The van der Waals surface area contributed by atoms with E-state index in [-0.39, 0.29) is 5.25 Å². The average molecular weight is 173 g/mol. The second-order valence-electron chi connectivity index (χ2n) is 2.50. The predicted octanol–water partition coefficient (Wildman–Crippen LogP) is 1.38. The molecule has 0 aromatic rings. The van der Waals surface area contributed by atoms with Crippen LogP contribution < -0.4 is 0 Å². The largest absolute Gasteiger partial charge is 0.480 e. The van der Waals surface area contributed by atoms with Crippen molar-refractivity contribution in [1.82, 2.24) is 0 Å². The third-order valence-electron chi connectivity index (χ3n) is 1.65. The fourth-order valence-electron chi connectivity index (χ4n) is 1.11. The summed E-state index contributed by atoms with van der Waals surface area (Å²) < 4.78 is 0. The van der Waals surface area contributed by atoms with Gasteiger partial charge in [-0.05, 0) is 13.3 Å². The van der Waals surface area contributed by atoms with Crippen LogP contribution in [0.15, 0.2) is 4.99 Å². The second-order valence-corrected chi connectivity index (χ2v) is 3.93. The van der Waals surface area contributed by atoms with Crippen LogP contribution >= 0.6 is 11.8 Å². The molecule has 0 amide bonds. The molecule has 0 radical (unpaired) electrons. The number of nitrogens with zero attached hydrogens (tertiary/aromatic N) is 1. The van der Waals surface area contributed by atoms with Gasteiger partial charge in [0.2, 0.25) is 0 Å². The number of aliphatic carboxylic acids is 1. The third kappa shape index (κ3) is 1.74. The zero-order chi connectivity index (χ0) is 8.43. The van der Waals surface area contributed by atoms with Crippen molar-refractivity contribution in [3.8, 4) is 0 Å². The number of hydrogen-bond donors (Lipinski definition) is 1. The Kier molecular flexibility index (Phi) is 2.54. The molecule has 1 heterocycles. The van der Waals surface area contributed by atoms with E-state index in [1.807, 2.05) is 13.8 Å². The molecule has 0 spiro atoms. The number of carboxylic acid groups (broad SMARTS) is 1. The van der Waals surface area contributed by atoms with Crippen LogP contribution in [-0.4, -0.2) is 27.4 Å². The summed E-state index contributed by atoms with van der Waals surface area (Å²) in [5, 5.41) is 9.75. The molecule has 2 atom stereocenters. The van der Waals surface area contributed by atoms with Gasteiger partial charge < -0.3 is 5.11 Å². The van der Waals surface area contributed by atoms with Gasteiger partial charge in [-0.15, -0.1) is 11.8 Å². The van der Waals surface area contributed by atoms with Gasteiger partial charge in [-0.1, -0.05) is 6.92 Å². The van der Waals surface area contributed by atoms with Gasteiger partial charge in [-0.2, -0.15) is 0 Å². The summed E-state index contributed by atoms with van der Waals surface area (Å²) in [6.07, 6.45) is 0.864. The van der Waals surface area contributed by atoms with Crippen molar-refractivity contribution < 1.29 is 9.90 Å². The van der Waals surface area contributed by atoms with Crippen molar-refractivity contribution in [3.63, 3.8) is 0 Å². The predicted molar refractivity (Wildman–Crippen MR) is 46.2 cm³/mol. The fraction of sp³-hybridized carbons (Fsp3) is 0.714. The lowest BCUT2D eigenvalue weighted by molar-refractivity contribution is -0.138. The molecule has 2 unspecified atom stereocenters. The lowest BCUT2D eigenvalue weighted by atomic mass is 10.2. The van der Waals surface area contributed by atoms with Crippen LogP contribution in [0.3, 0.4) is 0 Å². The van der Waals surface area contributed by atoms with E-state index in [0.29, 0.717) is 0 Å². The number of thioether (sulfide) groups is 1. The molecule has 0 aromatic heterocycles. The van der Waals surface area contributed by atoms with Crippen molar-refractivity contribution >= 4 is 22.8 Å². The van der Waals surface area contributed by atoms with E-state index in [1.165, 1.54) is 0 Å². The Balaban J connectivity index is 2.68. The molecule has 0 fully saturated rings. The smallest absolute Gasteiger partial charge is 0.329 e. The summed E-state index contributed by atoms with van der Waals surface area (Å²) in [4.78, 5) is 14.6. The van der Waals surface area contributed by atoms with Crippen molar-refractivity contribution in [2.75, 3.05) is 0 Å². The fourth-order valence-corrected chi connectivity index (χ4v) is 2.20. The molecule has 1 rings (SSSR count). The molecule has 62 valence electrons. The van der Waals surface area contributed by atoms with Crippen LogP contribution in [-0.2, 0) is 4.79 Å². The van der Waals surface area contributed by atoms with Crippen molar-refractivity contribution in [1.29, 1.82) is 0 Å². The molecule has 1 aliphatic rings. The van der Waals surface area contributed by atoms with E-state index < -0.39 is 12.0 Å². The highest BCUT2D eigenvalue weighted by Gasteiger charge is 2.32. The SMILES string of the molecule is CCC1SC(C)=NC1C(=O)O. The minimum absolute atomic E-state index is 0.146. The third-order valence-corrected chi connectivity index (χ3v) is 2.99. The molecule has 1 aliphatic heterocycles. The van der Waals surface area contributed by atoms with E-state index in [9.17, 15) is 4.79 Å². The van der Waals surface area contributed by atoms with Crippen LogP contribution in [0.25, 0.3) is 0 Å². The molecular formula is C7H11NO2S. The van der Waals surface area contributed by atoms with Gasteiger partial charge in [0.05, 0.1) is 5.04 Å². The highest BCUT2D eigenvalue weighted by molar-refractivity contribution is 8.14. The first-order valence-corrected chi connectivity index (χ1v) is 4.47. The molecular weight excluding hydrogens is 162 g/mol. The van der Waals surface area contributed by atoms with Crippen LogP contribution in [0, 0.1) is 0 Å². The molecule has 0 saturated carbocycles. The van der Waals surface area contributed by atoms with Crippen LogP contribution in [0.4, 0.5) is 0 Å². The summed E-state index contributed by atoms with van der Waals surface area (Å²) >= 11 is 1.57. The standard InChI is InChI=1S/C7H11NO2S/c1-3-5-6(7(9)10)8-4(2)11-5/h5-6H,3H2,1-2H3,(H,9,10). The Morgan fingerprint density at radius 3 is 2.82 bits per heavy atom. The van der Waals surface area contributed by atoms with Crippen molar-refractivity contribution in [2.24, 2.45) is 4.99 Å². The maximum atomic E-state index is 10.6. The maximum absolute atomic E-state index is 10.6. The zero-order valence-electron chi connectivity index (χ0n) is 6.57. The summed E-state index contributed by atoms with van der Waals surface area (Å²) in [5.74, 6) is -0.804. The van der Waals surface area contributed by atoms with Crippen molar-refractivity contribution in [3.05, 3.63) is 0 Å². The molecule has 0 saturated heterocycles. The molecule has 0 bridgehead atoms. The minimum atomic E-state index is -0.804. The van der Waals surface area contributed by atoms with Gasteiger partial charge in [0.15, 0.2) is 6.04 Å². The number of aliphatic imine (C=N–C) groups is 1. The molecule has 3 nitrogen and oxygen atoms in total. The minimum Gasteiger partial charge on any atom is -0.480 e. The van der Waals surface area contributed by atoms with E-state index >= 15 is 0 Å². The molecule has 0 aromatic carbocycles. The van der Waals surface area contributed by atoms with E-state index in [4.69, 9.17) is 5.11 Å². The van der Waals surface area contributed by atoms with Crippen LogP contribution in [0.5, 0.6) is 0 Å². The highest BCUT2D eigenvalue weighted by atomic mass is 32.2. The molecule has 1 N–H and O–H groups in total. The van der Waals surface area contributed by atoms with Crippen molar-refractivity contribution in [2.45, 2.75) is 31.6 Å². The van der Waals surface area contributed by atoms with E-state index in [2.05, 4.69) is 4.99 Å².